The minimum absolute atomic E-state index is 0.329. The fourth-order valence-electron chi connectivity index (χ4n) is 1.64. The standard InChI is InChI=1S/C10H20N2O/c1-3-4-5-10(13)12-7-6-11-9(2)8-12/h9,11H,3-8H2,1-2H3. The predicted molar refractivity (Wildman–Crippen MR) is 53.6 cm³/mol. The van der Waals surface area contributed by atoms with Gasteiger partial charge in [-0.1, -0.05) is 13.3 Å². The summed E-state index contributed by atoms with van der Waals surface area (Å²) >= 11 is 0. The predicted octanol–water partition coefficient (Wildman–Crippen LogP) is 0.997. The zero-order chi connectivity index (χ0) is 9.68. The van der Waals surface area contributed by atoms with Gasteiger partial charge in [0.1, 0.15) is 0 Å². The van der Waals surface area contributed by atoms with Gasteiger partial charge in [-0.15, -0.1) is 0 Å². The SMILES string of the molecule is CCCCC(=O)N1CCNC(C)C1. The molecule has 76 valence electrons. The molecule has 13 heavy (non-hydrogen) atoms. The van der Waals surface area contributed by atoms with Gasteiger partial charge < -0.3 is 10.2 Å². The highest BCUT2D eigenvalue weighted by atomic mass is 16.2. The number of nitrogens with one attached hydrogen (secondary N) is 1. The molecule has 1 atom stereocenters. The van der Waals surface area contributed by atoms with Crippen molar-refractivity contribution in [2.75, 3.05) is 19.6 Å². The number of carbonyl (C=O) groups excluding carboxylic acids is 1. The maximum Gasteiger partial charge on any atom is 0.222 e. The largest absolute Gasteiger partial charge is 0.340 e. The molecule has 0 spiro atoms. The molecule has 0 aromatic heterocycles. The average molecular weight is 184 g/mol. The zero-order valence-corrected chi connectivity index (χ0v) is 8.68. The normalized spacial score (nSPS) is 23.2. The van der Waals surface area contributed by atoms with E-state index in [1.807, 2.05) is 4.90 Å². The van der Waals surface area contributed by atoms with E-state index in [9.17, 15) is 4.79 Å². The molecular formula is C10H20N2O. The van der Waals surface area contributed by atoms with Crippen LogP contribution in [0.25, 0.3) is 0 Å². The van der Waals surface area contributed by atoms with Gasteiger partial charge in [0.15, 0.2) is 0 Å². The Balaban J connectivity index is 2.28. The molecule has 1 aliphatic heterocycles. The van der Waals surface area contributed by atoms with Gasteiger partial charge in [0.05, 0.1) is 0 Å². The monoisotopic (exact) mass is 184 g/mol. The van der Waals surface area contributed by atoms with Gasteiger partial charge in [-0.2, -0.15) is 0 Å². The summed E-state index contributed by atoms with van der Waals surface area (Å²) in [5.74, 6) is 0.329. The Morgan fingerprint density at radius 1 is 1.62 bits per heavy atom. The zero-order valence-electron chi connectivity index (χ0n) is 8.68. The van der Waals surface area contributed by atoms with E-state index < -0.39 is 0 Å². The van der Waals surface area contributed by atoms with Crippen molar-refractivity contribution >= 4 is 5.91 Å². The van der Waals surface area contributed by atoms with E-state index >= 15 is 0 Å². The molecule has 0 saturated carbocycles. The number of hydrogen-bond donors (Lipinski definition) is 1. The van der Waals surface area contributed by atoms with Gasteiger partial charge in [-0.05, 0) is 13.3 Å². The first-order valence-electron chi connectivity index (χ1n) is 5.25. The molecule has 0 aromatic carbocycles. The van der Waals surface area contributed by atoms with Crippen molar-refractivity contribution in [3.63, 3.8) is 0 Å². The second-order valence-electron chi connectivity index (χ2n) is 3.80. The minimum atomic E-state index is 0.329. The number of rotatable bonds is 3. The first-order valence-corrected chi connectivity index (χ1v) is 5.25. The second-order valence-corrected chi connectivity index (χ2v) is 3.80. The van der Waals surface area contributed by atoms with Gasteiger partial charge >= 0.3 is 0 Å². The summed E-state index contributed by atoms with van der Waals surface area (Å²) in [6.07, 6.45) is 2.85. The lowest BCUT2D eigenvalue weighted by molar-refractivity contribution is -0.132. The van der Waals surface area contributed by atoms with Crippen LogP contribution < -0.4 is 5.32 Å². The Bertz CT molecular complexity index is 170. The molecule has 1 amide bonds. The first-order chi connectivity index (χ1) is 6.24. The molecule has 1 rings (SSSR count). The maximum atomic E-state index is 11.6. The van der Waals surface area contributed by atoms with Crippen molar-refractivity contribution in [3.8, 4) is 0 Å². The Labute approximate surface area is 80.5 Å². The van der Waals surface area contributed by atoms with E-state index in [1.165, 1.54) is 0 Å². The quantitative estimate of drug-likeness (QED) is 0.709. The van der Waals surface area contributed by atoms with Crippen molar-refractivity contribution in [2.24, 2.45) is 0 Å². The van der Waals surface area contributed by atoms with Crippen LogP contribution in [0, 0.1) is 0 Å². The van der Waals surface area contributed by atoms with E-state index in [0.29, 0.717) is 11.9 Å². The van der Waals surface area contributed by atoms with Crippen molar-refractivity contribution < 1.29 is 4.79 Å². The van der Waals surface area contributed by atoms with Crippen molar-refractivity contribution in [1.82, 2.24) is 10.2 Å². The smallest absolute Gasteiger partial charge is 0.222 e. The average Bonchev–Trinajstić information content (AvgIpc) is 2.14. The summed E-state index contributed by atoms with van der Waals surface area (Å²) in [5.41, 5.74) is 0. The summed E-state index contributed by atoms with van der Waals surface area (Å²) in [6.45, 7) is 6.95. The molecule has 0 radical (unpaired) electrons. The summed E-state index contributed by atoms with van der Waals surface area (Å²) < 4.78 is 0. The number of nitrogens with zero attached hydrogens (tertiary/aromatic N) is 1. The van der Waals surface area contributed by atoms with Crippen LogP contribution in [0.3, 0.4) is 0 Å². The van der Waals surface area contributed by atoms with Gasteiger partial charge in [-0.3, -0.25) is 4.79 Å². The van der Waals surface area contributed by atoms with Crippen LogP contribution in [0.4, 0.5) is 0 Å². The lowest BCUT2D eigenvalue weighted by Crippen LogP contribution is -2.51. The number of hydrogen-bond acceptors (Lipinski definition) is 2. The highest BCUT2D eigenvalue weighted by Gasteiger charge is 2.19. The van der Waals surface area contributed by atoms with Gasteiger partial charge in [0.25, 0.3) is 0 Å². The van der Waals surface area contributed by atoms with E-state index in [-0.39, 0.29) is 0 Å². The number of amides is 1. The molecule has 3 heteroatoms. The maximum absolute atomic E-state index is 11.6. The fourth-order valence-corrected chi connectivity index (χ4v) is 1.64. The third-order valence-corrected chi connectivity index (χ3v) is 2.47. The fraction of sp³-hybridized carbons (Fsp3) is 0.900. The Morgan fingerprint density at radius 2 is 2.38 bits per heavy atom. The molecule has 1 heterocycles. The molecule has 3 nitrogen and oxygen atoms in total. The molecule has 1 N–H and O–H groups in total. The lowest BCUT2D eigenvalue weighted by Gasteiger charge is -2.31. The van der Waals surface area contributed by atoms with Crippen LogP contribution >= 0.6 is 0 Å². The van der Waals surface area contributed by atoms with Crippen LogP contribution in [0.15, 0.2) is 0 Å². The topological polar surface area (TPSA) is 32.3 Å². The molecule has 1 fully saturated rings. The van der Waals surface area contributed by atoms with Crippen molar-refractivity contribution in [1.29, 1.82) is 0 Å². The van der Waals surface area contributed by atoms with Crippen LogP contribution in [0.1, 0.15) is 33.1 Å². The summed E-state index contributed by atoms with van der Waals surface area (Å²) in [7, 11) is 0. The number of unbranched alkanes of at least 4 members (excludes halogenated alkanes) is 1. The second kappa shape index (κ2) is 5.22. The van der Waals surface area contributed by atoms with Crippen LogP contribution in [0.5, 0.6) is 0 Å². The summed E-state index contributed by atoms with van der Waals surface area (Å²) in [6, 6.07) is 0.458. The number of piperazine rings is 1. The third-order valence-electron chi connectivity index (χ3n) is 2.47. The van der Waals surface area contributed by atoms with Crippen LogP contribution in [-0.2, 0) is 4.79 Å². The Morgan fingerprint density at radius 3 is 3.00 bits per heavy atom. The van der Waals surface area contributed by atoms with E-state index in [2.05, 4.69) is 19.2 Å². The Kier molecular flexibility index (Phi) is 4.22. The summed E-state index contributed by atoms with van der Waals surface area (Å²) in [4.78, 5) is 13.6. The Hall–Kier alpha value is -0.570. The van der Waals surface area contributed by atoms with Crippen molar-refractivity contribution in [3.05, 3.63) is 0 Å². The molecule has 0 aliphatic carbocycles. The molecule has 1 aliphatic rings. The lowest BCUT2D eigenvalue weighted by atomic mass is 10.2. The van der Waals surface area contributed by atoms with Crippen LogP contribution in [0.2, 0.25) is 0 Å². The molecule has 1 saturated heterocycles. The van der Waals surface area contributed by atoms with E-state index in [1.54, 1.807) is 0 Å². The third kappa shape index (κ3) is 3.35. The summed E-state index contributed by atoms with van der Waals surface area (Å²) in [5, 5.41) is 3.33. The molecule has 0 aromatic rings. The van der Waals surface area contributed by atoms with Gasteiger partial charge in [-0.25, -0.2) is 0 Å². The number of carbonyl (C=O) groups is 1. The minimum Gasteiger partial charge on any atom is -0.340 e. The molecule has 0 bridgehead atoms. The first kappa shape index (κ1) is 10.5. The van der Waals surface area contributed by atoms with Gasteiger partial charge in [0, 0.05) is 32.1 Å². The molecular weight excluding hydrogens is 164 g/mol. The molecule has 1 unspecified atom stereocenters. The van der Waals surface area contributed by atoms with E-state index in [0.717, 1.165) is 38.9 Å². The van der Waals surface area contributed by atoms with Crippen molar-refractivity contribution in [2.45, 2.75) is 39.2 Å². The highest BCUT2D eigenvalue weighted by Crippen LogP contribution is 2.04. The van der Waals surface area contributed by atoms with Gasteiger partial charge in [0.2, 0.25) is 5.91 Å². The van der Waals surface area contributed by atoms with Crippen LogP contribution in [-0.4, -0.2) is 36.5 Å². The van der Waals surface area contributed by atoms with E-state index in [4.69, 9.17) is 0 Å². The highest BCUT2D eigenvalue weighted by molar-refractivity contribution is 5.76.